The van der Waals surface area contributed by atoms with Crippen molar-refractivity contribution < 1.29 is 9.22 Å². The zero-order chi connectivity index (χ0) is 14.0. The summed E-state index contributed by atoms with van der Waals surface area (Å²) in [6, 6.07) is 0. The Morgan fingerprint density at radius 1 is 1.17 bits per heavy atom. The smallest absolute Gasteiger partial charge is 0.100 e. The number of likely N-dealkylation sites (N-methyl/N-ethyl adjacent to an activating group) is 1. The molecule has 0 rings (SSSR count). The van der Waals surface area contributed by atoms with Crippen LogP contribution in [0.1, 0.15) is 27.7 Å². The van der Waals surface area contributed by atoms with E-state index in [9.17, 15) is 0 Å². The molecule has 0 atom stereocenters. The van der Waals surface area contributed by atoms with Crippen molar-refractivity contribution in [2.75, 3.05) is 39.9 Å². The van der Waals surface area contributed by atoms with Gasteiger partial charge in [0.05, 0.1) is 26.2 Å². The zero-order valence-electron chi connectivity index (χ0n) is 12.8. The Balaban J connectivity index is 4.47. The van der Waals surface area contributed by atoms with E-state index < -0.39 is 0 Å². The number of allylic oxidation sites excluding steroid dienone is 2. The molecule has 0 saturated carbocycles. The summed E-state index contributed by atoms with van der Waals surface area (Å²) in [5.74, 6) is 0. The maximum absolute atomic E-state index is 5.02. The molecule has 0 amide bonds. The molecule has 0 bridgehead atoms. The van der Waals surface area contributed by atoms with Crippen molar-refractivity contribution in [1.82, 2.24) is 0 Å². The summed E-state index contributed by atoms with van der Waals surface area (Å²) in [7, 11) is 1.69. The van der Waals surface area contributed by atoms with E-state index in [1.54, 1.807) is 7.11 Å². The number of quaternary nitrogens is 1. The lowest BCUT2D eigenvalue weighted by atomic mass is 10.2. The molecular weight excluding hydrogens is 222 g/mol. The highest BCUT2D eigenvalue weighted by Gasteiger charge is 2.20. The summed E-state index contributed by atoms with van der Waals surface area (Å²) in [5.41, 5.74) is 2.42. The van der Waals surface area contributed by atoms with Crippen molar-refractivity contribution in [3.8, 4) is 0 Å². The quantitative estimate of drug-likeness (QED) is 0.450. The Hall–Kier alpha value is -0.860. The SMILES string of the molecule is C=C(/C=C\C=C(/C)C[N+](CC)(CC)CC)COC. The van der Waals surface area contributed by atoms with Crippen LogP contribution in [0.3, 0.4) is 0 Å². The summed E-state index contributed by atoms with van der Waals surface area (Å²) >= 11 is 0. The topological polar surface area (TPSA) is 9.23 Å². The molecule has 104 valence electrons. The van der Waals surface area contributed by atoms with Gasteiger partial charge in [0.25, 0.3) is 0 Å². The molecule has 0 saturated heterocycles. The lowest BCUT2D eigenvalue weighted by Crippen LogP contribution is -2.48. The predicted octanol–water partition coefficient (Wildman–Crippen LogP) is 3.57. The van der Waals surface area contributed by atoms with E-state index in [1.165, 1.54) is 25.2 Å². The van der Waals surface area contributed by atoms with Crippen LogP contribution in [0.4, 0.5) is 0 Å². The fourth-order valence-electron chi connectivity index (χ4n) is 2.17. The second-order valence-electron chi connectivity index (χ2n) is 4.91. The first-order valence-corrected chi connectivity index (χ1v) is 6.89. The normalized spacial score (nSPS) is 13.3. The summed E-state index contributed by atoms with van der Waals surface area (Å²) in [4.78, 5) is 0. The summed E-state index contributed by atoms with van der Waals surface area (Å²) in [6.07, 6.45) is 6.28. The molecule has 0 aromatic heterocycles. The molecule has 0 N–H and O–H groups in total. The monoisotopic (exact) mass is 252 g/mol. The minimum Gasteiger partial charge on any atom is -0.380 e. The van der Waals surface area contributed by atoms with Crippen LogP contribution in [0, 0.1) is 0 Å². The van der Waals surface area contributed by atoms with Crippen molar-refractivity contribution in [1.29, 1.82) is 0 Å². The third-order valence-corrected chi connectivity index (χ3v) is 3.64. The highest BCUT2D eigenvalue weighted by molar-refractivity contribution is 5.21. The lowest BCUT2D eigenvalue weighted by Gasteiger charge is -2.36. The first-order valence-electron chi connectivity index (χ1n) is 6.89. The Morgan fingerprint density at radius 3 is 2.17 bits per heavy atom. The van der Waals surface area contributed by atoms with Crippen molar-refractivity contribution in [2.24, 2.45) is 0 Å². The molecule has 2 nitrogen and oxygen atoms in total. The van der Waals surface area contributed by atoms with Gasteiger partial charge in [0, 0.05) is 7.11 Å². The minimum absolute atomic E-state index is 0.599. The maximum atomic E-state index is 5.02. The first-order chi connectivity index (χ1) is 8.53. The fourth-order valence-corrected chi connectivity index (χ4v) is 2.17. The highest BCUT2D eigenvalue weighted by atomic mass is 16.5. The van der Waals surface area contributed by atoms with Crippen LogP contribution in [0.25, 0.3) is 0 Å². The molecular formula is C16H30NO+. The third-order valence-electron chi connectivity index (χ3n) is 3.64. The van der Waals surface area contributed by atoms with Gasteiger partial charge in [0.15, 0.2) is 0 Å². The maximum Gasteiger partial charge on any atom is 0.100 e. The van der Waals surface area contributed by atoms with Crippen molar-refractivity contribution in [3.63, 3.8) is 0 Å². The van der Waals surface area contributed by atoms with Crippen LogP contribution >= 0.6 is 0 Å². The predicted molar refractivity (Wildman–Crippen MR) is 80.7 cm³/mol. The van der Waals surface area contributed by atoms with Crippen molar-refractivity contribution >= 4 is 0 Å². The standard InChI is InChI=1S/C16H30NO/c1-7-17(8-2,9-3)13-15(4)11-10-12-16(5)14-18-6/h10-12H,5,7-9,13-14H2,1-4,6H3/q+1/b12-10-,15-11+. The van der Waals surface area contributed by atoms with E-state index in [2.05, 4.69) is 46.4 Å². The number of hydrogen-bond acceptors (Lipinski definition) is 1. The van der Waals surface area contributed by atoms with Crippen LogP contribution in [-0.2, 0) is 4.74 Å². The van der Waals surface area contributed by atoms with Gasteiger partial charge in [0.1, 0.15) is 6.54 Å². The van der Waals surface area contributed by atoms with Gasteiger partial charge in [-0.2, -0.15) is 0 Å². The van der Waals surface area contributed by atoms with Crippen LogP contribution in [-0.4, -0.2) is 44.4 Å². The molecule has 0 aromatic rings. The van der Waals surface area contributed by atoms with Crippen molar-refractivity contribution in [3.05, 3.63) is 36.0 Å². The molecule has 0 unspecified atom stereocenters. The average molecular weight is 252 g/mol. The molecule has 0 spiro atoms. The lowest BCUT2D eigenvalue weighted by molar-refractivity contribution is -0.918. The molecule has 0 heterocycles. The Morgan fingerprint density at radius 2 is 1.72 bits per heavy atom. The third kappa shape index (κ3) is 6.18. The summed E-state index contributed by atoms with van der Waals surface area (Å²) < 4.78 is 6.18. The highest BCUT2D eigenvalue weighted by Crippen LogP contribution is 2.10. The summed E-state index contributed by atoms with van der Waals surface area (Å²) in [5, 5.41) is 0. The number of rotatable bonds is 9. The Kier molecular flexibility index (Phi) is 8.69. The van der Waals surface area contributed by atoms with Gasteiger partial charge in [-0.25, -0.2) is 0 Å². The van der Waals surface area contributed by atoms with Gasteiger partial charge in [-0.1, -0.05) is 24.8 Å². The van der Waals surface area contributed by atoms with Crippen LogP contribution in [0.2, 0.25) is 0 Å². The van der Waals surface area contributed by atoms with Gasteiger partial charge in [-0.3, -0.25) is 0 Å². The number of hydrogen-bond donors (Lipinski definition) is 0. The van der Waals surface area contributed by atoms with E-state index >= 15 is 0 Å². The van der Waals surface area contributed by atoms with Crippen LogP contribution in [0.15, 0.2) is 36.0 Å². The second-order valence-corrected chi connectivity index (χ2v) is 4.91. The molecule has 0 aliphatic rings. The van der Waals surface area contributed by atoms with E-state index in [1.807, 2.05) is 6.08 Å². The number of methoxy groups -OCH3 is 1. The molecule has 0 radical (unpaired) electrons. The minimum atomic E-state index is 0.599. The van der Waals surface area contributed by atoms with E-state index in [0.717, 1.165) is 16.6 Å². The molecule has 0 aliphatic heterocycles. The van der Waals surface area contributed by atoms with Crippen LogP contribution in [0.5, 0.6) is 0 Å². The van der Waals surface area contributed by atoms with E-state index in [-0.39, 0.29) is 0 Å². The Labute approximate surface area is 113 Å². The molecule has 0 fully saturated rings. The number of ether oxygens (including phenoxy) is 1. The Bertz CT molecular complexity index is 290. The fraction of sp³-hybridized carbons (Fsp3) is 0.625. The number of nitrogens with zero attached hydrogens (tertiary/aromatic N) is 1. The van der Waals surface area contributed by atoms with Crippen LogP contribution < -0.4 is 0 Å². The van der Waals surface area contributed by atoms with Gasteiger partial charge in [-0.05, 0) is 38.8 Å². The molecule has 2 heteroatoms. The summed E-state index contributed by atoms with van der Waals surface area (Å²) in [6.45, 7) is 18.3. The van der Waals surface area contributed by atoms with Gasteiger partial charge in [0.2, 0.25) is 0 Å². The molecule has 18 heavy (non-hydrogen) atoms. The second kappa shape index (κ2) is 9.12. The largest absolute Gasteiger partial charge is 0.380 e. The van der Waals surface area contributed by atoms with Gasteiger partial charge in [-0.15, -0.1) is 0 Å². The van der Waals surface area contributed by atoms with E-state index in [0.29, 0.717) is 6.61 Å². The van der Waals surface area contributed by atoms with Gasteiger partial charge < -0.3 is 9.22 Å². The zero-order valence-corrected chi connectivity index (χ0v) is 12.8. The van der Waals surface area contributed by atoms with Crippen molar-refractivity contribution in [2.45, 2.75) is 27.7 Å². The van der Waals surface area contributed by atoms with E-state index in [4.69, 9.17) is 4.74 Å². The first kappa shape index (κ1) is 17.1. The molecule has 0 aliphatic carbocycles. The molecule has 0 aromatic carbocycles. The van der Waals surface area contributed by atoms with Gasteiger partial charge >= 0.3 is 0 Å². The average Bonchev–Trinajstić information content (AvgIpc) is 2.36.